The zero-order chi connectivity index (χ0) is 21.9. The van der Waals surface area contributed by atoms with Crippen molar-refractivity contribution in [2.45, 2.75) is 18.9 Å². The largest absolute Gasteiger partial charge is 0.471 e. The predicted octanol–water partition coefficient (Wildman–Crippen LogP) is 2.79. The molecule has 0 saturated carbocycles. The monoisotopic (exact) mass is 440 g/mol. The van der Waals surface area contributed by atoms with E-state index in [4.69, 9.17) is 9.79 Å². The number of alkyl halides is 3. The molecule has 0 bridgehead atoms. The number of hydrogen-bond acceptors (Lipinski definition) is 4. The van der Waals surface area contributed by atoms with Crippen LogP contribution in [0.4, 0.5) is 13.2 Å². The molecule has 3 aromatic rings. The van der Waals surface area contributed by atoms with Crippen molar-refractivity contribution in [3.05, 3.63) is 65.9 Å². The van der Waals surface area contributed by atoms with Crippen molar-refractivity contribution < 1.29 is 32.3 Å². The van der Waals surface area contributed by atoms with Gasteiger partial charge in [-0.15, -0.1) is 5.10 Å². The molecule has 0 aliphatic carbocycles. The molecule has 0 aliphatic rings. The second-order valence-electron chi connectivity index (χ2n) is 6.42. The fourth-order valence-corrected chi connectivity index (χ4v) is 3.35. The van der Waals surface area contributed by atoms with Gasteiger partial charge in [0.1, 0.15) is 5.69 Å². The maximum atomic E-state index is 12.3. The van der Waals surface area contributed by atoms with Gasteiger partial charge in [0.15, 0.2) is 0 Å². The number of amides is 1. The van der Waals surface area contributed by atoms with E-state index in [9.17, 15) is 22.5 Å². The molecule has 30 heavy (non-hydrogen) atoms. The first-order chi connectivity index (χ1) is 14.0. The van der Waals surface area contributed by atoms with E-state index in [1.807, 2.05) is 0 Å². The third-order valence-corrected chi connectivity index (χ3v) is 4.77. The van der Waals surface area contributed by atoms with Crippen LogP contribution in [0.2, 0.25) is 0 Å². The van der Waals surface area contributed by atoms with Crippen LogP contribution < -0.4 is 5.32 Å². The fraction of sp³-hybridized carbons (Fsp3) is 0.167. The summed E-state index contributed by atoms with van der Waals surface area (Å²) in [6.07, 6.45) is -3.78. The van der Waals surface area contributed by atoms with E-state index in [1.54, 1.807) is 60.0 Å². The van der Waals surface area contributed by atoms with Gasteiger partial charge in [-0.1, -0.05) is 35.5 Å². The summed E-state index contributed by atoms with van der Waals surface area (Å²) in [5.74, 6) is -2.02. The number of carbonyl (C=O) groups excluding carboxylic acids is 1. The summed E-state index contributed by atoms with van der Waals surface area (Å²) in [4.78, 5) is 29.2. The van der Waals surface area contributed by atoms with Gasteiger partial charge in [-0.3, -0.25) is 9.36 Å². The lowest BCUT2D eigenvalue weighted by Gasteiger charge is -2.08. The number of carbonyl (C=O) groups is 1. The number of aromatic nitrogens is 3. The first-order valence-electron chi connectivity index (χ1n) is 8.52. The highest BCUT2D eigenvalue weighted by Gasteiger charge is 2.38. The second-order valence-corrected chi connectivity index (χ2v) is 8.07. The van der Waals surface area contributed by atoms with E-state index in [0.717, 1.165) is 0 Å². The van der Waals surface area contributed by atoms with Crippen LogP contribution in [0.25, 0.3) is 16.9 Å². The van der Waals surface area contributed by atoms with Crippen molar-refractivity contribution >= 4 is 13.5 Å². The summed E-state index contributed by atoms with van der Waals surface area (Å²) in [5, 5.41) is 9.83. The Morgan fingerprint density at radius 1 is 1.10 bits per heavy atom. The molecule has 3 N–H and O–H groups in total. The van der Waals surface area contributed by atoms with Gasteiger partial charge in [0.05, 0.1) is 18.0 Å². The second kappa shape index (κ2) is 8.39. The number of nitrogens with one attached hydrogen (secondary N) is 1. The van der Waals surface area contributed by atoms with Crippen molar-refractivity contribution in [1.29, 1.82) is 0 Å². The molecule has 8 nitrogen and oxygen atoms in total. The molecule has 158 valence electrons. The quantitative estimate of drug-likeness (QED) is 0.508. The maximum Gasteiger partial charge on any atom is 0.471 e. The molecule has 0 aliphatic heterocycles. The molecule has 0 atom stereocenters. The minimum atomic E-state index is -4.95. The SMILES string of the molecule is O=C(NCc1cccc(-c2cn(-c3cccc(CP(=O)(O)O)c3)nn2)c1)C(F)(F)F. The molecule has 0 spiro atoms. The Balaban J connectivity index is 1.78. The van der Waals surface area contributed by atoms with E-state index in [1.165, 1.54) is 4.68 Å². The van der Waals surface area contributed by atoms with Gasteiger partial charge < -0.3 is 15.1 Å². The van der Waals surface area contributed by atoms with E-state index >= 15 is 0 Å². The molecule has 1 heterocycles. The highest BCUT2D eigenvalue weighted by Crippen LogP contribution is 2.39. The Kier molecular flexibility index (Phi) is 6.06. The molecule has 1 amide bonds. The molecule has 0 fully saturated rings. The molecule has 2 aromatic carbocycles. The van der Waals surface area contributed by atoms with Crippen LogP contribution in [0.1, 0.15) is 11.1 Å². The number of nitrogens with zero attached hydrogens (tertiary/aromatic N) is 3. The molecule has 0 radical (unpaired) electrons. The van der Waals surface area contributed by atoms with Crippen molar-refractivity contribution in [3.63, 3.8) is 0 Å². The van der Waals surface area contributed by atoms with Gasteiger partial charge in [-0.05, 0) is 29.3 Å². The van der Waals surface area contributed by atoms with Crippen molar-refractivity contribution in [2.75, 3.05) is 0 Å². The average Bonchev–Trinajstić information content (AvgIpc) is 3.15. The Bertz CT molecular complexity index is 1110. The molecule has 0 unspecified atom stereocenters. The Morgan fingerprint density at radius 2 is 1.80 bits per heavy atom. The van der Waals surface area contributed by atoms with Gasteiger partial charge in [-0.25, -0.2) is 4.68 Å². The van der Waals surface area contributed by atoms with Crippen LogP contribution in [0.3, 0.4) is 0 Å². The summed E-state index contributed by atoms with van der Waals surface area (Å²) in [7, 11) is -4.22. The Morgan fingerprint density at radius 3 is 2.50 bits per heavy atom. The molecule has 12 heteroatoms. The lowest BCUT2D eigenvalue weighted by atomic mass is 10.1. The van der Waals surface area contributed by atoms with Crippen LogP contribution in [-0.4, -0.2) is 36.9 Å². The van der Waals surface area contributed by atoms with Gasteiger partial charge in [0.25, 0.3) is 0 Å². The lowest BCUT2D eigenvalue weighted by Crippen LogP contribution is -2.36. The number of benzene rings is 2. The summed E-state index contributed by atoms with van der Waals surface area (Å²) in [6.45, 7) is -0.301. The maximum absolute atomic E-state index is 12.3. The summed E-state index contributed by atoms with van der Waals surface area (Å²) in [5.41, 5.74) is 2.42. The number of hydrogen-bond donors (Lipinski definition) is 3. The lowest BCUT2D eigenvalue weighted by molar-refractivity contribution is -0.173. The van der Waals surface area contributed by atoms with E-state index in [2.05, 4.69) is 10.3 Å². The first kappa shape index (κ1) is 21.7. The highest BCUT2D eigenvalue weighted by molar-refractivity contribution is 7.50. The molecule has 0 saturated heterocycles. The smallest absolute Gasteiger partial charge is 0.344 e. The summed E-state index contributed by atoms with van der Waals surface area (Å²) >= 11 is 0. The van der Waals surface area contributed by atoms with Crippen molar-refractivity contribution in [1.82, 2.24) is 20.3 Å². The minimum Gasteiger partial charge on any atom is -0.344 e. The third kappa shape index (κ3) is 5.76. The Hall–Kier alpha value is -3.01. The third-order valence-electron chi connectivity index (χ3n) is 3.99. The van der Waals surface area contributed by atoms with E-state index < -0.39 is 25.8 Å². The normalized spacial score (nSPS) is 12.0. The Labute approximate surface area is 168 Å². The van der Waals surface area contributed by atoms with Gasteiger partial charge in [0.2, 0.25) is 0 Å². The first-order valence-corrected chi connectivity index (χ1v) is 10.3. The van der Waals surface area contributed by atoms with E-state index in [-0.39, 0.29) is 6.54 Å². The minimum absolute atomic E-state index is 0.301. The number of halogens is 3. The van der Waals surface area contributed by atoms with Crippen LogP contribution >= 0.6 is 7.60 Å². The van der Waals surface area contributed by atoms with Gasteiger partial charge in [0, 0.05) is 12.1 Å². The van der Waals surface area contributed by atoms with Crippen molar-refractivity contribution in [2.24, 2.45) is 0 Å². The van der Waals surface area contributed by atoms with Crippen LogP contribution in [-0.2, 0) is 22.1 Å². The molecule has 1 aromatic heterocycles. The fourth-order valence-electron chi connectivity index (χ4n) is 2.68. The van der Waals surface area contributed by atoms with Crippen LogP contribution in [0, 0.1) is 0 Å². The molecular weight excluding hydrogens is 424 g/mol. The zero-order valence-corrected chi connectivity index (χ0v) is 16.1. The van der Waals surface area contributed by atoms with Crippen LogP contribution in [0.15, 0.2) is 54.7 Å². The van der Waals surface area contributed by atoms with Gasteiger partial charge >= 0.3 is 19.7 Å². The highest BCUT2D eigenvalue weighted by atomic mass is 31.2. The van der Waals surface area contributed by atoms with Crippen LogP contribution in [0.5, 0.6) is 0 Å². The summed E-state index contributed by atoms with van der Waals surface area (Å²) in [6, 6.07) is 12.9. The standard InChI is InChI=1S/C18H16F3N4O4P/c19-18(20,21)17(26)22-9-12-3-1-5-14(7-12)16-10-25(24-23-16)15-6-2-4-13(8-15)11-30(27,28)29/h1-8,10H,9,11H2,(H,22,26)(H2,27,28,29). The predicted molar refractivity (Wildman–Crippen MR) is 100 cm³/mol. The molecular formula is C18H16F3N4O4P. The number of rotatable bonds is 6. The van der Waals surface area contributed by atoms with Crippen molar-refractivity contribution in [3.8, 4) is 16.9 Å². The molecule has 3 rings (SSSR count). The summed E-state index contributed by atoms with van der Waals surface area (Å²) < 4.78 is 49.5. The topological polar surface area (TPSA) is 117 Å². The van der Waals surface area contributed by atoms with Gasteiger partial charge in [-0.2, -0.15) is 13.2 Å². The average molecular weight is 440 g/mol. The van der Waals surface area contributed by atoms with E-state index in [0.29, 0.717) is 28.1 Å². The zero-order valence-electron chi connectivity index (χ0n) is 15.2.